The van der Waals surface area contributed by atoms with Crippen LogP contribution in [0.3, 0.4) is 0 Å². The molecule has 1 aromatic heterocycles. The summed E-state index contributed by atoms with van der Waals surface area (Å²) in [5.74, 6) is 0. The van der Waals surface area contributed by atoms with Crippen LogP contribution in [0.15, 0.2) is 36.5 Å². The molecule has 0 aliphatic heterocycles. The van der Waals surface area contributed by atoms with Gasteiger partial charge in [0, 0.05) is 11.4 Å². The van der Waals surface area contributed by atoms with Crippen LogP contribution in [0.4, 0.5) is 0 Å². The first-order chi connectivity index (χ1) is 7.29. The summed E-state index contributed by atoms with van der Waals surface area (Å²) in [5, 5.41) is 2.08. The van der Waals surface area contributed by atoms with E-state index in [-0.39, 0.29) is 0 Å². The smallest absolute Gasteiger partial charge is 0.0639 e. The molecule has 1 aliphatic rings. The summed E-state index contributed by atoms with van der Waals surface area (Å²) in [6, 6.07) is 10.5. The predicted octanol–water partition coefficient (Wildman–Crippen LogP) is 1.69. The highest BCUT2D eigenvalue weighted by Crippen LogP contribution is 2.29. The van der Waals surface area contributed by atoms with Crippen LogP contribution in [0.5, 0.6) is 0 Å². The lowest BCUT2D eigenvalue weighted by Gasteiger charge is -2.00. The monoisotopic (exact) mass is 193 g/mol. The second-order valence-electron chi connectivity index (χ2n) is 3.85. The highest BCUT2D eigenvalue weighted by molar-refractivity contribution is 5.88. The topological polar surface area (TPSA) is 12.9 Å². The Labute approximate surface area is 88.4 Å². The fourth-order valence-corrected chi connectivity index (χ4v) is 2.33. The SMILES string of the molecule is C=c1nccc2c1=C(C)c1ccccc1-2. The van der Waals surface area contributed by atoms with Crippen LogP contribution in [-0.2, 0) is 0 Å². The number of nitrogens with zero attached hydrogens (tertiary/aromatic N) is 1. The molecule has 1 nitrogen and oxygen atoms in total. The van der Waals surface area contributed by atoms with E-state index in [0.29, 0.717) is 0 Å². The van der Waals surface area contributed by atoms with E-state index in [2.05, 4.69) is 48.8 Å². The summed E-state index contributed by atoms with van der Waals surface area (Å²) < 4.78 is 0. The van der Waals surface area contributed by atoms with Crippen LogP contribution in [-0.4, -0.2) is 4.98 Å². The minimum atomic E-state index is 0.876. The number of rotatable bonds is 0. The molecular weight excluding hydrogens is 182 g/mol. The van der Waals surface area contributed by atoms with E-state index >= 15 is 0 Å². The molecule has 0 bridgehead atoms. The normalized spacial score (nSPS) is 12.5. The molecule has 0 fully saturated rings. The van der Waals surface area contributed by atoms with Crippen LogP contribution in [0.1, 0.15) is 12.5 Å². The van der Waals surface area contributed by atoms with Crippen molar-refractivity contribution in [1.29, 1.82) is 0 Å². The van der Waals surface area contributed by atoms with E-state index in [9.17, 15) is 0 Å². The van der Waals surface area contributed by atoms with Gasteiger partial charge in [-0.15, -0.1) is 0 Å². The molecule has 2 aromatic rings. The Bertz CT molecular complexity index is 653. The van der Waals surface area contributed by atoms with E-state index in [1.807, 2.05) is 6.20 Å². The minimum Gasteiger partial charge on any atom is -0.257 e. The second-order valence-corrected chi connectivity index (χ2v) is 3.85. The van der Waals surface area contributed by atoms with Gasteiger partial charge in [0.2, 0.25) is 0 Å². The van der Waals surface area contributed by atoms with Gasteiger partial charge in [0.25, 0.3) is 0 Å². The number of hydrogen-bond acceptors (Lipinski definition) is 1. The van der Waals surface area contributed by atoms with Crippen molar-refractivity contribution < 1.29 is 0 Å². The van der Waals surface area contributed by atoms with E-state index in [1.165, 1.54) is 27.5 Å². The molecule has 0 amide bonds. The quantitative estimate of drug-likeness (QED) is 0.620. The van der Waals surface area contributed by atoms with Gasteiger partial charge in [-0.25, -0.2) is 0 Å². The van der Waals surface area contributed by atoms with Gasteiger partial charge in [0.05, 0.1) is 5.35 Å². The average Bonchev–Trinajstić information content (AvgIpc) is 2.55. The molecule has 0 saturated carbocycles. The van der Waals surface area contributed by atoms with Gasteiger partial charge in [-0.3, -0.25) is 4.98 Å². The highest BCUT2D eigenvalue weighted by atomic mass is 14.6. The Morgan fingerprint density at radius 3 is 2.53 bits per heavy atom. The van der Waals surface area contributed by atoms with Crippen molar-refractivity contribution in [2.24, 2.45) is 0 Å². The van der Waals surface area contributed by atoms with Crippen molar-refractivity contribution in [2.45, 2.75) is 6.92 Å². The molecule has 72 valence electrons. The molecule has 1 heteroatoms. The first-order valence-corrected chi connectivity index (χ1v) is 5.03. The summed E-state index contributed by atoms with van der Waals surface area (Å²) in [4.78, 5) is 4.25. The maximum atomic E-state index is 4.25. The number of pyridine rings is 1. The Balaban J connectivity index is 2.58. The van der Waals surface area contributed by atoms with E-state index in [0.717, 1.165) is 5.35 Å². The molecule has 3 rings (SSSR count). The van der Waals surface area contributed by atoms with Crippen LogP contribution < -0.4 is 10.6 Å². The standard InChI is InChI=1S/C14H11N/c1-9-11-5-3-4-6-12(11)13-7-8-15-10(2)14(9)13/h3-8H,2H2,1H3. The number of hydrogen-bond donors (Lipinski definition) is 0. The molecule has 0 atom stereocenters. The van der Waals surface area contributed by atoms with Gasteiger partial charge in [0.1, 0.15) is 0 Å². The third-order valence-electron chi connectivity index (χ3n) is 3.03. The van der Waals surface area contributed by atoms with Gasteiger partial charge < -0.3 is 0 Å². The first kappa shape index (κ1) is 8.42. The number of fused-ring (bicyclic) bond motifs is 3. The van der Waals surface area contributed by atoms with Crippen LogP contribution in [0, 0.1) is 0 Å². The van der Waals surface area contributed by atoms with E-state index < -0.39 is 0 Å². The van der Waals surface area contributed by atoms with Gasteiger partial charge in [-0.05, 0) is 35.3 Å². The molecule has 0 saturated heterocycles. The summed E-state index contributed by atoms with van der Waals surface area (Å²) in [6.45, 7) is 6.13. The lowest BCUT2D eigenvalue weighted by atomic mass is 10.0. The van der Waals surface area contributed by atoms with Crippen molar-refractivity contribution in [3.8, 4) is 11.1 Å². The number of aromatic nitrogens is 1. The highest BCUT2D eigenvalue weighted by Gasteiger charge is 2.16. The molecule has 0 unspecified atom stereocenters. The molecule has 0 radical (unpaired) electrons. The first-order valence-electron chi connectivity index (χ1n) is 5.03. The van der Waals surface area contributed by atoms with E-state index in [1.54, 1.807) is 0 Å². The molecule has 15 heavy (non-hydrogen) atoms. The largest absolute Gasteiger partial charge is 0.257 e. The van der Waals surface area contributed by atoms with Crippen molar-refractivity contribution in [3.05, 3.63) is 52.7 Å². The van der Waals surface area contributed by atoms with Gasteiger partial charge in [-0.1, -0.05) is 30.8 Å². The Morgan fingerprint density at radius 2 is 1.73 bits per heavy atom. The third-order valence-corrected chi connectivity index (χ3v) is 3.03. The van der Waals surface area contributed by atoms with Crippen LogP contribution >= 0.6 is 0 Å². The Hall–Kier alpha value is -1.89. The fourth-order valence-electron chi connectivity index (χ4n) is 2.33. The molecule has 0 N–H and O–H groups in total. The van der Waals surface area contributed by atoms with Crippen LogP contribution in [0.25, 0.3) is 23.3 Å². The van der Waals surface area contributed by atoms with Crippen molar-refractivity contribution >= 4 is 12.2 Å². The molecule has 1 aliphatic carbocycles. The average molecular weight is 193 g/mol. The summed E-state index contributed by atoms with van der Waals surface area (Å²) in [7, 11) is 0. The molecule has 1 heterocycles. The lowest BCUT2D eigenvalue weighted by Crippen LogP contribution is -2.27. The maximum absolute atomic E-state index is 4.25. The zero-order valence-corrected chi connectivity index (χ0v) is 8.62. The second kappa shape index (κ2) is 2.80. The molecular formula is C14H11N. The van der Waals surface area contributed by atoms with Crippen LogP contribution in [0.2, 0.25) is 0 Å². The fraction of sp³-hybridized carbons (Fsp3) is 0.0714. The van der Waals surface area contributed by atoms with Crippen molar-refractivity contribution in [2.75, 3.05) is 0 Å². The summed E-state index contributed by atoms with van der Waals surface area (Å²) in [6.07, 6.45) is 1.83. The molecule has 1 aromatic carbocycles. The lowest BCUT2D eigenvalue weighted by molar-refractivity contribution is 1.23. The van der Waals surface area contributed by atoms with Crippen molar-refractivity contribution in [3.63, 3.8) is 0 Å². The minimum absolute atomic E-state index is 0.876. The van der Waals surface area contributed by atoms with Gasteiger partial charge >= 0.3 is 0 Å². The van der Waals surface area contributed by atoms with Gasteiger partial charge in [0.15, 0.2) is 0 Å². The van der Waals surface area contributed by atoms with E-state index in [4.69, 9.17) is 0 Å². The molecule has 0 spiro atoms. The summed E-state index contributed by atoms with van der Waals surface area (Å²) in [5.41, 5.74) is 5.17. The summed E-state index contributed by atoms with van der Waals surface area (Å²) >= 11 is 0. The zero-order valence-electron chi connectivity index (χ0n) is 8.62. The Kier molecular flexibility index (Phi) is 1.57. The number of benzene rings is 1. The predicted molar refractivity (Wildman–Crippen MR) is 62.6 cm³/mol. The zero-order chi connectivity index (χ0) is 10.4. The van der Waals surface area contributed by atoms with Gasteiger partial charge in [-0.2, -0.15) is 0 Å². The maximum Gasteiger partial charge on any atom is 0.0639 e. The Morgan fingerprint density at radius 1 is 1.00 bits per heavy atom. The third kappa shape index (κ3) is 1.00. The van der Waals surface area contributed by atoms with Crippen molar-refractivity contribution in [1.82, 2.24) is 4.98 Å².